The van der Waals surface area contributed by atoms with Gasteiger partial charge in [0.15, 0.2) is 0 Å². The van der Waals surface area contributed by atoms with Crippen LogP contribution in [0, 0.1) is 11.8 Å². The Bertz CT molecular complexity index is 219. The molecule has 0 aromatic carbocycles. The van der Waals surface area contributed by atoms with Crippen LogP contribution in [0.5, 0.6) is 0 Å². The minimum atomic E-state index is -0.597. The van der Waals surface area contributed by atoms with Crippen molar-refractivity contribution in [1.29, 1.82) is 0 Å². The van der Waals surface area contributed by atoms with Gasteiger partial charge in [-0.25, -0.2) is 0 Å². The molecular weight excluding hydrogens is 322 g/mol. The van der Waals surface area contributed by atoms with Gasteiger partial charge < -0.3 is 21.9 Å². The minimum Gasteiger partial charge on any atom is -0.379 e. The molecule has 0 saturated carbocycles. The van der Waals surface area contributed by atoms with Crippen LogP contribution in [0.2, 0.25) is 0 Å². The first-order valence-electron chi connectivity index (χ1n) is 11.3. The first-order chi connectivity index (χ1) is 12.4. The number of aliphatic hydroxyl groups is 1. The molecule has 4 nitrogen and oxygen atoms in total. The van der Waals surface area contributed by atoms with Crippen molar-refractivity contribution in [3.8, 4) is 0 Å². The molecule has 0 bridgehead atoms. The van der Waals surface area contributed by atoms with Crippen molar-refractivity contribution in [3.63, 3.8) is 0 Å². The number of hydrogen-bond acceptors (Lipinski definition) is 4. The predicted octanol–water partition coefficient (Wildman–Crippen LogP) is 5.04. The SMILES string of the molecule is CCC(C)CCN.CCCC(CCC)CCNCC.CCCCC(N)O. The fourth-order valence-electron chi connectivity index (χ4n) is 2.63. The molecule has 0 saturated heterocycles. The van der Waals surface area contributed by atoms with Crippen molar-refractivity contribution in [2.45, 2.75) is 112 Å². The van der Waals surface area contributed by atoms with Crippen LogP contribution in [-0.2, 0) is 0 Å². The van der Waals surface area contributed by atoms with Crippen LogP contribution in [0.1, 0.15) is 106 Å². The lowest BCUT2D eigenvalue weighted by Crippen LogP contribution is -2.17. The summed E-state index contributed by atoms with van der Waals surface area (Å²) in [6.45, 7) is 16.4. The number of unbranched alkanes of at least 4 members (excludes halogenated alkanes) is 1. The molecule has 0 amide bonds. The van der Waals surface area contributed by atoms with Gasteiger partial charge in [-0.1, -0.05) is 80.1 Å². The van der Waals surface area contributed by atoms with Crippen molar-refractivity contribution in [2.24, 2.45) is 23.3 Å². The van der Waals surface area contributed by atoms with Gasteiger partial charge in [0.05, 0.1) is 0 Å². The smallest absolute Gasteiger partial charge is 0.102 e. The van der Waals surface area contributed by atoms with Crippen molar-refractivity contribution in [3.05, 3.63) is 0 Å². The number of rotatable bonds is 14. The van der Waals surface area contributed by atoms with E-state index in [2.05, 4.69) is 46.9 Å². The second-order valence-electron chi connectivity index (χ2n) is 7.39. The highest BCUT2D eigenvalue weighted by Crippen LogP contribution is 2.16. The summed E-state index contributed by atoms with van der Waals surface area (Å²) in [5.74, 6) is 1.80. The van der Waals surface area contributed by atoms with Gasteiger partial charge >= 0.3 is 0 Å². The average Bonchev–Trinajstić information content (AvgIpc) is 2.61. The fourth-order valence-corrected chi connectivity index (χ4v) is 2.63. The summed E-state index contributed by atoms with van der Waals surface area (Å²) in [4.78, 5) is 0. The molecule has 2 atom stereocenters. The third kappa shape index (κ3) is 31.6. The van der Waals surface area contributed by atoms with Gasteiger partial charge in [-0.15, -0.1) is 0 Å². The van der Waals surface area contributed by atoms with Crippen molar-refractivity contribution >= 4 is 0 Å². The largest absolute Gasteiger partial charge is 0.379 e. The average molecular weight is 376 g/mol. The molecule has 0 aliphatic carbocycles. The molecule has 0 aliphatic rings. The second-order valence-corrected chi connectivity index (χ2v) is 7.39. The second kappa shape index (κ2) is 27.1. The quantitative estimate of drug-likeness (QED) is 0.253. The molecule has 0 radical (unpaired) electrons. The predicted molar refractivity (Wildman–Crippen MR) is 119 cm³/mol. The maximum atomic E-state index is 8.46. The third-order valence-electron chi connectivity index (χ3n) is 4.58. The molecule has 162 valence electrons. The van der Waals surface area contributed by atoms with Crippen LogP contribution < -0.4 is 16.8 Å². The highest BCUT2D eigenvalue weighted by molar-refractivity contribution is 4.59. The molecule has 26 heavy (non-hydrogen) atoms. The lowest BCUT2D eigenvalue weighted by atomic mass is 9.95. The van der Waals surface area contributed by atoms with Gasteiger partial charge in [0, 0.05) is 0 Å². The molecule has 6 N–H and O–H groups in total. The maximum absolute atomic E-state index is 8.46. The third-order valence-corrected chi connectivity index (χ3v) is 4.58. The minimum absolute atomic E-state index is 0.597. The summed E-state index contributed by atoms with van der Waals surface area (Å²) >= 11 is 0. The van der Waals surface area contributed by atoms with E-state index < -0.39 is 6.23 Å². The summed E-state index contributed by atoms with van der Waals surface area (Å²) in [5, 5.41) is 11.9. The Morgan fingerprint density at radius 1 is 0.846 bits per heavy atom. The summed E-state index contributed by atoms with van der Waals surface area (Å²) in [6, 6.07) is 0. The molecule has 0 aliphatic heterocycles. The molecular formula is C22H53N3O. The Kier molecular flexibility index (Phi) is 31.8. The lowest BCUT2D eigenvalue weighted by molar-refractivity contribution is 0.169. The standard InChI is InChI=1S/C11H25N.C6H15N.C5H13NO/c1-4-7-11(8-5-2)9-10-12-6-3;1-3-6(2)4-5-7;1-2-3-4-5(6)7/h11-12H,4-10H2,1-3H3;6H,3-5,7H2,1-2H3;5,7H,2-4,6H2,1H3. The monoisotopic (exact) mass is 375 g/mol. The molecule has 0 aromatic rings. The first-order valence-corrected chi connectivity index (χ1v) is 11.3. The van der Waals surface area contributed by atoms with Crippen molar-refractivity contribution < 1.29 is 5.11 Å². The van der Waals surface area contributed by atoms with Gasteiger partial charge in [0.25, 0.3) is 0 Å². The Hall–Kier alpha value is -0.160. The van der Waals surface area contributed by atoms with Crippen LogP contribution in [-0.4, -0.2) is 31.0 Å². The lowest BCUT2D eigenvalue weighted by Gasteiger charge is -2.14. The van der Waals surface area contributed by atoms with E-state index in [4.69, 9.17) is 16.6 Å². The van der Waals surface area contributed by atoms with Gasteiger partial charge in [0.1, 0.15) is 6.23 Å². The molecule has 0 fully saturated rings. The Labute approximate surface area is 165 Å². The molecule has 0 aromatic heterocycles. The van der Waals surface area contributed by atoms with E-state index in [1.807, 2.05) is 0 Å². The van der Waals surface area contributed by atoms with Crippen LogP contribution in [0.4, 0.5) is 0 Å². The van der Waals surface area contributed by atoms with Gasteiger partial charge in [-0.3, -0.25) is 0 Å². The highest BCUT2D eigenvalue weighted by Gasteiger charge is 2.04. The van der Waals surface area contributed by atoms with Crippen LogP contribution in [0.15, 0.2) is 0 Å². The number of hydrogen-bond donors (Lipinski definition) is 4. The van der Waals surface area contributed by atoms with Crippen LogP contribution in [0.25, 0.3) is 0 Å². The first kappa shape index (κ1) is 30.6. The Morgan fingerprint density at radius 3 is 1.69 bits per heavy atom. The summed E-state index contributed by atoms with van der Waals surface area (Å²) < 4.78 is 0. The zero-order valence-electron chi connectivity index (χ0n) is 19.0. The Balaban J connectivity index is -0.000000326. The van der Waals surface area contributed by atoms with E-state index >= 15 is 0 Å². The molecule has 0 spiro atoms. The molecule has 4 heteroatoms. The van der Waals surface area contributed by atoms with E-state index in [1.54, 1.807) is 0 Å². The summed E-state index contributed by atoms with van der Waals surface area (Å²) in [5.41, 5.74) is 10.3. The van der Waals surface area contributed by atoms with Gasteiger partial charge in [-0.05, 0) is 57.2 Å². The normalized spacial score (nSPS) is 12.7. The van der Waals surface area contributed by atoms with E-state index in [-0.39, 0.29) is 0 Å². The van der Waals surface area contributed by atoms with Crippen molar-refractivity contribution in [1.82, 2.24) is 5.32 Å². The van der Waals surface area contributed by atoms with E-state index in [0.717, 1.165) is 44.2 Å². The van der Waals surface area contributed by atoms with E-state index in [1.165, 1.54) is 51.5 Å². The van der Waals surface area contributed by atoms with Crippen LogP contribution >= 0.6 is 0 Å². The Morgan fingerprint density at radius 2 is 1.42 bits per heavy atom. The zero-order valence-corrected chi connectivity index (χ0v) is 19.0. The van der Waals surface area contributed by atoms with E-state index in [9.17, 15) is 0 Å². The van der Waals surface area contributed by atoms with Crippen molar-refractivity contribution in [2.75, 3.05) is 19.6 Å². The molecule has 0 rings (SSSR count). The van der Waals surface area contributed by atoms with Gasteiger partial charge in [0.2, 0.25) is 0 Å². The number of aliphatic hydroxyl groups excluding tert-OH is 1. The molecule has 2 unspecified atom stereocenters. The molecule has 0 heterocycles. The highest BCUT2D eigenvalue weighted by atomic mass is 16.3. The van der Waals surface area contributed by atoms with Gasteiger partial charge in [-0.2, -0.15) is 0 Å². The summed E-state index contributed by atoms with van der Waals surface area (Å²) in [7, 11) is 0. The number of nitrogens with two attached hydrogens (primary N) is 2. The van der Waals surface area contributed by atoms with E-state index in [0.29, 0.717) is 0 Å². The zero-order chi connectivity index (χ0) is 20.6. The fraction of sp³-hybridized carbons (Fsp3) is 1.00. The topological polar surface area (TPSA) is 84.3 Å². The van der Waals surface area contributed by atoms with Crippen LogP contribution in [0.3, 0.4) is 0 Å². The number of nitrogens with one attached hydrogen (secondary N) is 1. The summed E-state index contributed by atoms with van der Waals surface area (Å²) in [6.07, 6.45) is 11.6. The maximum Gasteiger partial charge on any atom is 0.102 e.